The molecule has 0 bridgehead atoms. The van der Waals surface area contributed by atoms with Gasteiger partial charge in [-0.05, 0) is 42.8 Å². The second kappa shape index (κ2) is 7.94. The lowest BCUT2D eigenvalue weighted by atomic mass is 10.0. The number of hydrogen-bond acceptors (Lipinski definition) is 6. The molecule has 0 aliphatic heterocycles. The van der Waals surface area contributed by atoms with Crippen LogP contribution in [0.2, 0.25) is 5.02 Å². The lowest BCUT2D eigenvalue weighted by Crippen LogP contribution is -2.27. The molecule has 5 rings (SSSR count). The van der Waals surface area contributed by atoms with Crippen LogP contribution in [-0.2, 0) is 7.05 Å². The Morgan fingerprint density at radius 2 is 2.09 bits per heavy atom. The summed E-state index contributed by atoms with van der Waals surface area (Å²) in [5.74, 6) is 1.09. The average molecular weight is 450 g/mol. The molecule has 0 radical (unpaired) electrons. The van der Waals surface area contributed by atoms with E-state index in [2.05, 4.69) is 33.4 Å². The molecule has 1 aliphatic carbocycles. The lowest BCUT2D eigenvalue weighted by molar-refractivity contribution is 0.604. The molecule has 164 valence electrons. The number of pyridine rings is 2. The Kier molecular flexibility index (Phi) is 5.09. The maximum absolute atomic E-state index is 13.5. The third-order valence-corrected chi connectivity index (χ3v) is 6.17. The summed E-state index contributed by atoms with van der Waals surface area (Å²) >= 11 is 6.39. The van der Waals surface area contributed by atoms with Crippen LogP contribution in [-0.4, -0.2) is 24.3 Å². The molecule has 1 aliphatic rings. The number of aromatic nitrogens is 5. The van der Waals surface area contributed by atoms with Gasteiger partial charge in [0.15, 0.2) is 5.82 Å². The summed E-state index contributed by atoms with van der Waals surface area (Å²) in [6.45, 7) is 2.08. The fourth-order valence-electron chi connectivity index (χ4n) is 4.16. The summed E-state index contributed by atoms with van der Waals surface area (Å²) in [5.41, 5.74) is 8.34. The van der Waals surface area contributed by atoms with E-state index in [4.69, 9.17) is 17.3 Å². The molecule has 0 amide bonds. The highest BCUT2D eigenvalue weighted by molar-refractivity contribution is 6.35. The van der Waals surface area contributed by atoms with E-state index in [1.54, 1.807) is 36.4 Å². The van der Waals surface area contributed by atoms with Gasteiger partial charge in [0.25, 0.3) is 5.56 Å². The van der Waals surface area contributed by atoms with Gasteiger partial charge < -0.3 is 15.6 Å². The Hall–Kier alpha value is -3.39. The Balaban J connectivity index is 1.64. The van der Waals surface area contributed by atoms with Crippen LogP contribution in [0.15, 0.2) is 47.7 Å². The van der Waals surface area contributed by atoms with Crippen molar-refractivity contribution in [2.24, 2.45) is 7.05 Å². The van der Waals surface area contributed by atoms with E-state index in [-0.39, 0.29) is 17.6 Å². The fourth-order valence-corrected chi connectivity index (χ4v) is 4.42. The lowest BCUT2D eigenvalue weighted by Gasteiger charge is -2.24. The van der Waals surface area contributed by atoms with Crippen LogP contribution in [0.5, 0.6) is 0 Å². The molecule has 0 unspecified atom stereocenters. The van der Waals surface area contributed by atoms with Crippen molar-refractivity contribution in [3.63, 3.8) is 0 Å². The number of halogens is 1. The van der Waals surface area contributed by atoms with Gasteiger partial charge in [0.1, 0.15) is 12.1 Å². The Labute approximate surface area is 190 Å². The zero-order chi connectivity index (χ0) is 22.4. The molecule has 1 fully saturated rings. The number of aryl methyl sites for hydroxylation is 1. The molecule has 3 heterocycles. The Bertz CT molecular complexity index is 1370. The van der Waals surface area contributed by atoms with Crippen LogP contribution in [0, 0.1) is 0 Å². The molecule has 4 aromatic rings. The van der Waals surface area contributed by atoms with Crippen LogP contribution in [0.1, 0.15) is 44.0 Å². The summed E-state index contributed by atoms with van der Waals surface area (Å²) in [4.78, 5) is 22.4. The van der Waals surface area contributed by atoms with Crippen LogP contribution in [0.25, 0.3) is 22.2 Å². The Morgan fingerprint density at radius 1 is 1.28 bits per heavy atom. The van der Waals surface area contributed by atoms with E-state index >= 15 is 0 Å². The number of rotatable bonds is 6. The molecule has 9 heteroatoms. The highest BCUT2D eigenvalue weighted by Gasteiger charge is 2.30. The van der Waals surface area contributed by atoms with Crippen molar-refractivity contribution in [1.29, 1.82) is 0 Å². The second-order valence-electron chi connectivity index (χ2n) is 8.15. The number of benzene rings is 1. The van der Waals surface area contributed by atoms with Gasteiger partial charge in [0.2, 0.25) is 0 Å². The topological polar surface area (TPSA) is 104 Å². The van der Waals surface area contributed by atoms with Gasteiger partial charge in [-0.15, -0.1) is 0 Å². The SMILES string of the molecule is CC[C@H](Nc1nccc(N)c1-c1ncn(C)n1)c1cc2cccc(Cl)c2c(=O)n1C1CC1. The summed E-state index contributed by atoms with van der Waals surface area (Å²) in [5, 5.41) is 9.81. The Morgan fingerprint density at radius 3 is 2.78 bits per heavy atom. The highest BCUT2D eigenvalue weighted by atomic mass is 35.5. The molecule has 32 heavy (non-hydrogen) atoms. The first-order valence-corrected chi connectivity index (χ1v) is 11.1. The molecule has 3 N–H and O–H groups in total. The van der Waals surface area contributed by atoms with E-state index < -0.39 is 0 Å². The van der Waals surface area contributed by atoms with Crippen molar-refractivity contribution in [3.05, 3.63) is 63.9 Å². The van der Waals surface area contributed by atoms with Gasteiger partial charge in [0.05, 0.1) is 22.0 Å². The molecule has 1 aromatic carbocycles. The van der Waals surface area contributed by atoms with Crippen molar-refractivity contribution in [1.82, 2.24) is 24.3 Å². The van der Waals surface area contributed by atoms with Crippen LogP contribution < -0.4 is 16.6 Å². The van der Waals surface area contributed by atoms with Crippen molar-refractivity contribution in [2.75, 3.05) is 11.1 Å². The normalized spacial score (nSPS) is 14.6. The van der Waals surface area contributed by atoms with Crippen LogP contribution >= 0.6 is 11.6 Å². The fraction of sp³-hybridized carbons (Fsp3) is 0.304. The summed E-state index contributed by atoms with van der Waals surface area (Å²) in [7, 11) is 1.81. The maximum atomic E-state index is 13.5. The minimum atomic E-state index is -0.163. The average Bonchev–Trinajstić information content (AvgIpc) is 3.51. The van der Waals surface area contributed by atoms with Gasteiger partial charge in [-0.1, -0.05) is 30.7 Å². The first kappa shape index (κ1) is 20.5. The molecule has 3 aromatic heterocycles. The molecule has 0 spiro atoms. The number of hydrogen-bond donors (Lipinski definition) is 2. The monoisotopic (exact) mass is 449 g/mol. The quantitative estimate of drug-likeness (QED) is 0.454. The summed E-state index contributed by atoms with van der Waals surface area (Å²) < 4.78 is 3.53. The molecule has 0 saturated heterocycles. The minimum Gasteiger partial charge on any atom is -0.398 e. The number of anilines is 2. The largest absolute Gasteiger partial charge is 0.398 e. The molecular formula is C23H24ClN7O. The number of fused-ring (bicyclic) bond motifs is 1. The molecular weight excluding hydrogens is 426 g/mol. The van der Waals surface area contributed by atoms with Crippen LogP contribution in [0.3, 0.4) is 0 Å². The highest BCUT2D eigenvalue weighted by Crippen LogP contribution is 2.39. The third-order valence-electron chi connectivity index (χ3n) is 5.85. The molecule has 8 nitrogen and oxygen atoms in total. The van der Waals surface area contributed by atoms with Gasteiger partial charge in [-0.25, -0.2) is 9.97 Å². The van der Waals surface area contributed by atoms with Crippen molar-refractivity contribution < 1.29 is 0 Å². The standard InChI is InChI=1S/C23H24ClN7O/c1-3-17(28-21-20(16(25)9-10-26-21)22-27-12-30(2)29-22)18-11-13-5-4-6-15(24)19(13)23(32)31(18)14-7-8-14/h4-6,9-12,14,17H,3,7-8H2,1-2H3,(H3,25,26,28)/t17-/m0/s1. The first-order chi connectivity index (χ1) is 15.5. The van der Waals surface area contributed by atoms with E-state index in [1.807, 2.05) is 16.7 Å². The zero-order valence-corrected chi connectivity index (χ0v) is 18.7. The maximum Gasteiger partial charge on any atom is 0.260 e. The van der Waals surface area contributed by atoms with Crippen molar-refractivity contribution >= 4 is 33.9 Å². The first-order valence-electron chi connectivity index (χ1n) is 10.7. The van der Waals surface area contributed by atoms with Gasteiger partial charge in [-0.2, -0.15) is 5.10 Å². The van der Waals surface area contributed by atoms with E-state index in [0.29, 0.717) is 33.3 Å². The van der Waals surface area contributed by atoms with Crippen molar-refractivity contribution in [3.8, 4) is 11.4 Å². The van der Waals surface area contributed by atoms with Gasteiger partial charge in [-0.3, -0.25) is 9.48 Å². The second-order valence-corrected chi connectivity index (χ2v) is 8.56. The van der Waals surface area contributed by atoms with Gasteiger partial charge >= 0.3 is 0 Å². The van der Waals surface area contributed by atoms with Gasteiger partial charge in [0, 0.05) is 30.7 Å². The number of nitrogen functional groups attached to an aromatic ring is 1. The number of nitrogens with one attached hydrogen (secondary N) is 1. The van der Waals surface area contributed by atoms with Crippen LogP contribution in [0.4, 0.5) is 11.5 Å². The zero-order valence-electron chi connectivity index (χ0n) is 17.9. The number of nitrogens with zero attached hydrogens (tertiary/aromatic N) is 5. The third kappa shape index (κ3) is 3.50. The molecule has 1 atom stereocenters. The molecule has 1 saturated carbocycles. The minimum absolute atomic E-state index is 0.0435. The number of nitrogens with two attached hydrogens (primary N) is 1. The summed E-state index contributed by atoms with van der Waals surface area (Å²) in [6.07, 6.45) is 5.99. The van der Waals surface area contributed by atoms with E-state index in [0.717, 1.165) is 30.3 Å². The predicted octanol–water partition coefficient (Wildman–Crippen LogP) is 4.33. The summed E-state index contributed by atoms with van der Waals surface area (Å²) in [6, 6.07) is 9.39. The van der Waals surface area contributed by atoms with E-state index in [1.165, 1.54) is 0 Å². The smallest absolute Gasteiger partial charge is 0.260 e. The van der Waals surface area contributed by atoms with Crippen molar-refractivity contribution in [2.45, 2.75) is 38.3 Å². The predicted molar refractivity (Wildman–Crippen MR) is 127 cm³/mol. The van der Waals surface area contributed by atoms with E-state index in [9.17, 15) is 4.79 Å².